The summed E-state index contributed by atoms with van der Waals surface area (Å²) >= 11 is 1.23. The number of hydrogen-bond donors (Lipinski definition) is 1. The summed E-state index contributed by atoms with van der Waals surface area (Å²) in [5.74, 6) is -0.905. The summed E-state index contributed by atoms with van der Waals surface area (Å²) in [5, 5.41) is 8.91. The Morgan fingerprint density at radius 3 is 2.80 bits per heavy atom. The largest absolute Gasteiger partial charge is 0.477 e. The highest BCUT2D eigenvalue weighted by atomic mass is 32.1. The second-order valence-electron chi connectivity index (χ2n) is 4.26. The summed E-state index contributed by atoms with van der Waals surface area (Å²) in [6.07, 6.45) is 7.19. The van der Waals surface area contributed by atoms with Crippen molar-refractivity contribution in [1.29, 1.82) is 0 Å². The minimum absolute atomic E-state index is 0.323. The first-order chi connectivity index (χ1) is 9.72. The lowest BCUT2D eigenvalue weighted by atomic mass is 10.2. The fourth-order valence-corrected chi connectivity index (χ4v) is 2.67. The van der Waals surface area contributed by atoms with Gasteiger partial charge in [0, 0.05) is 25.1 Å². The molecule has 3 aromatic heterocycles. The molecule has 0 bridgehead atoms. The molecule has 0 aliphatic heterocycles. The van der Waals surface area contributed by atoms with Crippen molar-refractivity contribution in [3.63, 3.8) is 0 Å². The van der Waals surface area contributed by atoms with Gasteiger partial charge >= 0.3 is 5.97 Å². The predicted octanol–water partition coefficient (Wildman–Crippen LogP) is 2.75. The fraction of sp³-hybridized carbons (Fsp3) is 0.0714. The maximum Gasteiger partial charge on any atom is 0.345 e. The minimum atomic E-state index is -0.905. The van der Waals surface area contributed by atoms with E-state index in [9.17, 15) is 4.79 Å². The number of carbonyl (C=O) groups is 1. The molecule has 100 valence electrons. The van der Waals surface area contributed by atoms with E-state index in [1.165, 1.54) is 11.3 Å². The van der Waals surface area contributed by atoms with Crippen molar-refractivity contribution in [3.05, 3.63) is 59.6 Å². The van der Waals surface area contributed by atoms with Gasteiger partial charge in [0.15, 0.2) is 0 Å². The van der Waals surface area contributed by atoms with Crippen molar-refractivity contribution in [3.8, 4) is 10.6 Å². The van der Waals surface area contributed by atoms with Gasteiger partial charge in [-0.2, -0.15) is 0 Å². The lowest BCUT2D eigenvalue weighted by Gasteiger charge is -2.03. The summed E-state index contributed by atoms with van der Waals surface area (Å²) in [4.78, 5) is 20.4. The van der Waals surface area contributed by atoms with Crippen LogP contribution in [0.25, 0.3) is 10.6 Å². The smallest absolute Gasteiger partial charge is 0.345 e. The molecule has 6 heteroatoms. The molecule has 0 amide bonds. The van der Waals surface area contributed by atoms with Gasteiger partial charge in [0.05, 0.1) is 16.9 Å². The molecule has 1 N–H and O–H groups in total. The van der Waals surface area contributed by atoms with Crippen LogP contribution in [0.4, 0.5) is 0 Å². The van der Waals surface area contributed by atoms with Crippen LogP contribution in [0.2, 0.25) is 0 Å². The Morgan fingerprint density at radius 2 is 2.20 bits per heavy atom. The van der Waals surface area contributed by atoms with Gasteiger partial charge in [-0.15, -0.1) is 11.3 Å². The Kier molecular flexibility index (Phi) is 3.30. The molecule has 0 fully saturated rings. The second kappa shape index (κ2) is 5.26. The van der Waals surface area contributed by atoms with Crippen LogP contribution in [0, 0.1) is 0 Å². The predicted molar refractivity (Wildman–Crippen MR) is 75.8 cm³/mol. The molecule has 0 unspecified atom stereocenters. The normalized spacial score (nSPS) is 10.6. The van der Waals surface area contributed by atoms with Crippen molar-refractivity contribution in [2.24, 2.45) is 0 Å². The van der Waals surface area contributed by atoms with Crippen molar-refractivity contribution in [2.45, 2.75) is 6.54 Å². The van der Waals surface area contributed by atoms with E-state index in [0.717, 1.165) is 22.7 Å². The number of aromatic nitrogens is 3. The standard InChI is InChI=1S/C14H11N3O2S/c18-14(19)13-4-3-12(20-13)11-2-1-10(7-16-11)8-17-6-5-15-9-17/h1-7,9H,8H2,(H,18,19). The lowest BCUT2D eigenvalue weighted by Crippen LogP contribution is -1.97. The van der Waals surface area contributed by atoms with E-state index < -0.39 is 5.97 Å². The van der Waals surface area contributed by atoms with Crippen LogP contribution >= 0.6 is 11.3 Å². The first-order valence-electron chi connectivity index (χ1n) is 5.96. The van der Waals surface area contributed by atoms with E-state index in [-0.39, 0.29) is 0 Å². The van der Waals surface area contributed by atoms with Gasteiger partial charge in [0.25, 0.3) is 0 Å². The zero-order valence-corrected chi connectivity index (χ0v) is 11.2. The zero-order valence-electron chi connectivity index (χ0n) is 10.4. The van der Waals surface area contributed by atoms with E-state index in [1.807, 2.05) is 22.9 Å². The molecule has 0 saturated carbocycles. The maximum atomic E-state index is 10.9. The van der Waals surface area contributed by atoms with Crippen LogP contribution in [-0.2, 0) is 6.54 Å². The van der Waals surface area contributed by atoms with Crippen LogP contribution in [-0.4, -0.2) is 25.6 Å². The number of hydrogen-bond acceptors (Lipinski definition) is 4. The molecule has 0 radical (unpaired) electrons. The first kappa shape index (κ1) is 12.6. The molecule has 0 aliphatic carbocycles. The first-order valence-corrected chi connectivity index (χ1v) is 6.78. The maximum absolute atomic E-state index is 10.9. The molecular weight excluding hydrogens is 274 g/mol. The number of carboxylic acid groups (broad SMARTS) is 1. The summed E-state index contributed by atoms with van der Waals surface area (Å²) in [5.41, 5.74) is 1.86. The number of aromatic carboxylic acids is 1. The highest BCUT2D eigenvalue weighted by Crippen LogP contribution is 2.26. The number of imidazole rings is 1. The molecule has 0 aliphatic rings. The molecule has 5 nitrogen and oxygen atoms in total. The fourth-order valence-electron chi connectivity index (χ4n) is 1.85. The highest BCUT2D eigenvalue weighted by molar-refractivity contribution is 7.17. The number of pyridine rings is 1. The van der Waals surface area contributed by atoms with Crippen molar-refractivity contribution >= 4 is 17.3 Å². The zero-order chi connectivity index (χ0) is 13.9. The topological polar surface area (TPSA) is 68.0 Å². The molecule has 0 saturated heterocycles. The summed E-state index contributed by atoms with van der Waals surface area (Å²) < 4.78 is 1.96. The quantitative estimate of drug-likeness (QED) is 0.800. The Morgan fingerprint density at radius 1 is 1.30 bits per heavy atom. The number of carboxylic acids is 1. The summed E-state index contributed by atoms with van der Waals surface area (Å²) in [6, 6.07) is 7.28. The van der Waals surface area contributed by atoms with Gasteiger partial charge in [-0.25, -0.2) is 9.78 Å². The molecule has 3 aromatic rings. The van der Waals surface area contributed by atoms with Gasteiger partial charge in [-0.1, -0.05) is 6.07 Å². The lowest BCUT2D eigenvalue weighted by molar-refractivity contribution is 0.0702. The van der Waals surface area contributed by atoms with Crippen LogP contribution in [0.1, 0.15) is 15.2 Å². The van der Waals surface area contributed by atoms with E-state index in [1.54, 1.807) is 30.9 Å². The molecule has 20 heavy (non-hydrogen) atoms. The van der Waals surface area contributed by atoms with Gasteiger partial charge < -0.3 is 9.67 Å². The van der Waals surface area contributed by atoms with Crippen LogP contribution < -0.4 is 0 Å². The van der Waals surface area contributed by atoms with E-state index in [4.69, 9.17) is 5.11 Å². The molecule has 3 rings (SSSR count). The third-order valence-electron chi connectivity index (χ3n) is 2.82. The average molecular weight is 285 g/mol. The van der Waals surface area contributed by atoms with E-state index in [2.05, 4.69) is 9.97 Å². The molecule has 0 atom stereocenters. The average Bonchev–Trinajstić information content (AvgIpc) is 3.10. The van der Waals surface area contributed by atoms with Crippen molar-refractivity contribution in [2.75, 3.05) is 0 Å². The number of rotatable bonds is 4. The monoisotopic (exact) mass is 285 g/mol. The van der Waals surface area contributed by atoms with Crippen molar-refractivity contribution < 1.29 is 9.90 Å². The van der Waals surface area contributed by atoms with Crippen molar-refractivity contribution in [1.82, 2.24) is 14.5 Å². The Bertz CT molecular complexity index is 717. The third kappa shape index (κ3) is 2.60. The van der Waals surface area contributed by atoms with Crippen LogP contribution in [0.5, 0.6) is 0 Å². The number of thiophene rings is 1. The summed E-state index contributed by atoms with van der Waals surface area (Å²) in [7, 11) is 0. The minimum Gasteiger partial charge on any atom is -0.477 e. The molecular formula is C14H11N3O2S. The third-order valence-corrected chi connectivity index (χ3v) is 3.91. The molecule has 0 spiro atoms. The Balaban J connectivity index is 1.79. The van der Waals surface area contributed by atoms with Gasteiger partial charge in [0.1, 0.15) is 4.88 Å². The Labute approximate surface area is 119 Å². The molecule has 3 heterocycles. The highest BCUT2D eigenvalue weighted by Gasteiger charge is 2.09. The summed E-state index contributed by atoms with van der Waals surface area (Å²) in [6.45, 7) is 0.720. The Hall–Kier alpha value is -2.47. The van der Waals surface area contributed by atoms with Gasteiger partial charge in [0.2, 0.25) is 0 Å². The van der Waals surface area contributed by atoms with Gasteiger partial charge in [-0.3, -0.25) is 4.98 Å². The van der Waals surface area contributed by atoms with E-state index in [0.29, 0.717) is 4.88 Å². The van der Waals surface area contributed by atoms with Crippen LogP contribution in [0.3, 0.4) is 0 Å². The van der Waals surface area contributed by atoms with E-state index >= 15 is 0 Å². The van der Waals surface area contributed by atoms with Gasteiger partial charge in [-0.05, 0) is 23.8 Å². The SMILES string of the molecule is O=C(O)c1ccc(-c2ccc(Cn3ccnc3)cn2)s1. The molecule has 0 aromatic carbocycles. The second-order valence-corrected chi connectivity index (χ2v) is 5.34. The van der Waals surface area contributed by atoms with Crippen LogP contribution in [0.15, 0.2) is 49.2 Å². The number of nitrogens with zero attached hydrogens (tertiary/aromatic N) is 3.